The maximum Gasteiger partial charge on any atom is 0.351 e. The average Bonchev–Trinajstić information content (AvgIpc) is 3.17. The summed E-state index contributed by atoms with van der Waals surface area (Å²) in [6, 6.07) is 11.3. The van der Waals surface area contributed by atoms with Gasteiger partial charge in [-0.1, -0.05) is 18.2 Å². The first-order chi connectivity index (χ1) is 16.9. The largest absolute Gasteiger partial charge is 0.493 e. The summed E-state index contributed by atoms with van der Waals surface area (Å²) in [5.41, 5.74) is 2.79. The molecule has 4 aromatic rings. The van der Waals surface area contributed by atoms with Crippen molar-refractivity contribution in [1.29, 1.82) is 0 Å². The zero-order valence-electron chi connectivity index (χ0n) is 20.1. The van der Waals surface area contributed by atoms with E-state index in [0.717, 1.165) is 21.4 Å². The van der Waals surface area contributed by atoms with Crippen molar-refractivity contribution in [3.8, 4) is 23.1 Å². The zero-order chi connectivity index (χ0) is 24.9. The monoisotopic (exact) mass is 477 g/mol. The van der Waals surface area contributed by atoms with Gasteiger partial charge in [0.05, 0.1) is 14.2 Å². The first-order valence-electron chi connectivity index (χ1n) is 11.1. The number of hydrogen-bond donors (Lipinski definition) is 1. The summed E-state index contributed by atoms with van der Waals surface area (Å²) in [6.07, 6.45) is 3.54. The molecular weight excluding hydrogens is 450 g/mol. The molecule has 0 aliphatic carbocycles. The van der Waals surface area contributed by atoms with Crippen LogP contribution in [0.1, 0.15) is 16.7 Å². The Balaban J connectivity index is 1.44. The topological polar surface area (TPSA) is 109 Å². The van der Waals surface area contributed by atoms with Gasteiger partial charge in [0.15, 0.2) is 11.5 Å². The van der Waals surface area contributed by atoms with Crippen molar-refractivity contribution < 1.29 is 19.0 Å². The van der Waals surface area contributed by atoms with Crippen LogP contribution >= 0.6 is 0 Å². The van der Waals surface area contributed by atoms with Gasteiger partial charge >= 0.3 is 5.69 Å². The molecule has 182 valence electrons. The van der Waals surface area contributed by atoms with E-state index in [2.05, 4.69) is 15.4 Å². The number of aromatic nitrogens is 4. The highest BCUT2D eigenvalue weighted by Gasteiger charge is 2.16. The summed E-state index contributed by atoms with van der Waals surface area (Å²) in [6.45, 7) is 4.09. The van der Waals surface area contributed by atoms with Gasteiger partial charge < -0.3 is 19.5 Å². The van der Waals surface area contributed by atoms with Crippen molar-refractivity contribution in [2.45, 2.75) is 26.8 Å². The lowest BCUT2D eigenvalue weighted by Crippen LogP contribution is -2.33. The molecule has 1 amide bonds. The van der Waals surface area contributed by atoms with E-state index in [0.29, 0.717) is 30.2 Å². The van der Waals surface area contributed by atoms with E-state index in [4.69, 9.17) is 14.2 Å². The van der Waals surface area contributed by atoms with E-state index in [1.807, 2.05) is 50.2 Å². The number of rotatable bonds is 9. The number of hydrogen-bond acceptors (Lipinski definition) is 7. The average molecular weight is 478 g/mol. The van der Waals surface area contributed by atoms with Gasteiger partial charge in [-0.05, 0) is 55.2 Å². The molecule has 2 aromatic carbocycles. The van der Waals surface area contributed by atoms with Crippen LogP contribution in [0.15, 0.2) is 53.6 Å². The van der Waals surface area contributed by atoms with E-state index < -0.39 is 5.69 Å². The Kier molecular flexibility index (Phi) is 7.00. The molecule has 0 atom stereocenters. The minimum absolute atomic E-state index is 0.186. The molecule has 0 fully saturated rings. The van der Waals surface area contributed by atoms with Crippen LogP contribution in [0.2, 0.25) is 0 Å². The highest BCUT2D eigenvalue weighted by molar-refractivity contribution is 5.75. The molecule has 0 spiro atoms. The molecule has 0 saturated carbocycles. The second kappa shape index (κ2) is 10.3. The predicted octanol–water partition coefficient (Wildman–Crippen LogP) is 2.68. The van der Waals surface area contributed by atoms with Gasteiger partial charge in [-0.2, -0.15) is 0 Å². The third-order valence-corrected chi connectivity index (χ3v) is 5.71. The molecule has 0 aliphatic heterocycles. The lowest BCUT2D eigenvalue weighted by atomic mass is 10.1. The Labute approximate surface area is 202 Å². The molecule has 10 nitrogen and oxygen atoms in total. The van der Waals surface area contributed by atoms with Crippen LogP contribution in [0.3, 0.4) is 0 Å². The maximum atomic E-state index is 12.8. The minimum Gasteiger partial charge on any atom is -0.493 e. The molecule has 2 aromatic heterocycles. The summed E-state index contributed by atoms with van der Waals surface area (Å²) in [5, 5.41) is 7.12. The van der Waals surface area contributed by atoms with E-state index in [-0.39, 0.29) is 24.0 Å². The summed E-state index contributed by atoms with van der Waals surface area (Å²) >= 11 is 0. The van der Waals surface area contributed by atoms with Gasteiger partial charge in [-0.25, -0.2) is 18.9 Å². The van der Waals surface area contributed by atoms with Crippen LogP contribution in [0.25, 0.3) is 5.65 Å². The smallest absolute Gasteiger partial charge is 0.351 e. The Morgan fingerprint density at radius 1 is 1.06 bits per heavy atom. The summed E-state index contributed by atoms with van der Waals surface area (Å²) in [4.78, 5) is 29.5. The molecular formula is C25H27N5O5. The fourth-order valence-electron chi connectivity index (χ4n) is 3.61. The van der Waals surface area contributed by atoms with Crippen LogP contribution < -0.4 is 25.2 Å². The van der Waals surface area contributed by atoms with Gasteiger partial charge in [0.2, 0.25) is 11.6 Å². The number of amides is 1. The van der Waals surface area contributed by atoms with Gasteiger partial charge in [0.1, 0.15) is 12.3 Å². The third-order valence-electron chi connectivity index (χ3n) is 5.71. The van der Waals surface area contributed by atoms with E-state index in [1.165, 1.54) is 16.8 Å². The lowest BCUT2D eigenvalue weighted by Gasteiger charge is -2.10. The first-order valence-corrected chi connectivity index (χ1v) is 11.1. The number of methoxy groups -OCH3 is 2. The molecule has 0 unspecified atom stereocenters. The van der Waals surface area contributed by atoms with Crippen LogP contribution in [0, 0.1) is 13.8 Å². The highest BCUT2D eigenvalue weighted by atomic mass is 16.5. The second-order valence-electron chi connectivity index (χ2n) is 7.96. The summed E-state index contributed by atoms with van der Waals surface area (Å²) < 4.78 is 18.9. The normalized spacial score (nSPS) is 10.9. The number of carbonyl (C=O) groups excluding carboxylic acids is 1. The van der Waals surface area contributed by atoms with Gasteiger partial charge in [-0.3, -0.25) is 4.79 Å². The molecule has 10 heteroatoms. The van der Waals surface area contributed by atoms with Crippen LogP contribution in [0.5, 0.6) is 23.1 Å². The maximum absolute atomic E-state index is 12.8. The Bertz CT molecular complexity index is 1430. The molecule has 2 heterocycles. The van der Waals surface area contributed by atoms with E-state index in [9.17, 15) is 9.59 Å². The highest BCUT2D eigenvalue weighted by Crippen LogP contribution is 2.28. The van der Waals surface area contributed by atoms with Crippen LogP contribution in [0.4, 0.5) is 0 Å². The third kappa shape index (κ3) is 5.11. The molecule has 0 bridgehead atoms. The molecule has 1 N–H and O–H groups in total. The molecule has 4 rings (SSSR count). The SMILES string of the molecule is COc1ccc(CCNC(=O)Cn2nc3c(Oc4cccc(C)c4C)nccn3c2=O)cc1OC. The van der Waals surface area contributed by atoms with Gasteiger partial charge in [-0.15, -0.1) is 5.10 Å². The number of carbonyl (C=O) groups is 1. The Morgan fingerprint density at radius 2 is 1.86 bits per heavy atom. The summed E-state index contributed by atoms with van der Waals surface area (Å²) in [7, 11) is 3.15. The Hall–Kier alpha value is -4.34. The first kappa shape index (κ1) is 23.8. The van der Waals surface area contributed by atoms with Crippen molar-refractivity contribution in [2.24, 2.45) is 0 Å². The fraction of sp³-hybridized carbons (Fsp3) is 0.280. The van der Waals surface area contributed by atoms with Crippen molar-refractivity contribution in [3.05, 3.63) is 76.0 Å². The molecule has 0 aliphatic rings. The number of aryl methyl sites for hydroxylation is 1. The van der Waals surface area contributed by atoms with Crippen LogP contribution in [-0.2, 0) is 17.8 Å². The number of benzene rings is 2. The van der Waals surface area contributed by atoms with E-state index in [1.54, 1.807) is 14.2 Å². The number of nitrogens with one attached hydrogen (secondary N) is 1. The lowest BCUT2D eigenvalue weighted by molar-refractivity contribution is -0.121. The minimum atomic E-state index is -0.455. The van der Waals surface area contributed by atoms with Gasteiger partial charge in [0.25, 0.3) is 5.88 Å². The molecule has 35 heavy (non-hydrogen) atoms. The quantitative estimate of drug-likeness (QED) is 0.395. The number of fused-ring (bicyclic) bond motifs is 1. The molecule has 0 radical (unpaired) electrons. The van der Waals surface area contributed by atoms with Crippen molar-refractivity contribution >= 4 is 11.6 Å². The standard InChI is InChI=1S/C25H27N5O5/c1-16-6-5-7-19(17(16)2)35-24-23-28-30(25(32)29(23)13-12-27-24)15-22(31)26-11-10-18-8-9-20(33-3)21(14-18)34-4/h5-9,12-14H,10-11,15H2,1-4H3,(H,26,31). The molecule has 0 saturated heterocycles. The van der Waals surface area contributed by atoms with Crippen LogP contribution in [-0.4, -0.2) is 45.8 Å². The van der Waals surface area contributed by atoms with Crippen molar-refractivity contribution in [2.75, 3.05) is 20.8 Å². The number of ether oxygens (including phenoxy) is 3. The van der Waals surface area contributed by atoms with E-state index >= 15 is 0 Å². The Morgan fingerprint density at radius 3 is 2.63 bits per heavy atom. The summed E-state index contributed by atoms with van der Waals surface area (Å²) in [5.74, 6) is 1.74. The fourth-order valence-corrected chi connectivity index (χ4v) is 3.61. The second-order valence-corrected chi connectivity index (χ2v) is 7.96. The number of nitrogens with zero attached hydrogens (tertiary/aromatic N) is 4. The van der Waals surface area contributed by atoms with Crippen molar-refractivity contribution in [3.63, 3.8) is 0 Å². The zero-order valence-corrected chi connectivity index (χ0v) is 20.1. The van der Waals surface area contributed by atoms with Gasteiger partial charge in [0, 0.05) is 18.9 Å². The van der Waals surface area contributed by atoms with Crippen molar-refractivity contribution in [1.82, 2.24) is 24.5 Å². The predicted molar refractivity (Wildman–Crippen MR) is 129 cm³/mol.